The predicted molar refractivity (Wildman–Crippen MR) is 63.0 cm³/mol. The average molecular weight is 200 g/mol. The van der Waals surface area contributed by atoms with Crippen molar-refractivity contribution in [1.29, 1.82) is 0 Å². The Morgan fingerprint density at radius 2 is 2.13 bits per heavy atom. The number of hydrogen-bond donors (Lipinski definition) is 0. The number of aryl methyl sites for hydroxylation is 1. The van der Waals surface area contributed by atoms with Gasteiger partial charge in [-0.25, -0.2) is 0 Å². The fraction of sp³-hybridized carbons (Fsp3) is 0.357. The van der Waals surface area contributed by atoms with Gasteiger partial charge in [0.2, 0.25) is 0 Å². The number of carbonyl (C=O) groups excluding carboxylic acids is 1. The summed E-state index contributed by atoms with van der Waals surface area (Å²) >= 11 is 0. The molecule has 0 radical (unpaired) electrons. The highest BCUT2D eigenvalue weighted by Crippen LogP contribution is 2.28. The molecule has 1 nitrogen and oxygen atoms in total. The molecule has 0 N–H and O–H groups in total. The lowest BCUT2D eigenvalue weighted by atomic mass is 9.90. The second kappa shape index (κ2) is 4.43. The Labute approximate surface area is 90.8 Å². The summed E-state index contributed by atoms with van der Waals surface area (Å²) in [4.78, 5) is 10.6. The summed E-state index contributed by atoms with van der Waals surface area (Å²) in [5, 5.41) is 0. The number of allylic oxidation sites excluding steroid dienone is 2. The van der Waals surface area contributed by atoms with E-state index in [1.54, 1.807) is 0 Å². The van der Waals surface area contributed by atoms with Gasteiger partial charge < -0.3 is 0 Å². The van der Waals surface area contributed by atoms with Gasteiger partial charge in [0.1, 0.15) is 6.29 Å². The molecule has 0 amide bonds. The Balaban J connectivity index is 2.35. The zero-order chi connectivity index (χ0) is 10.7. The minimum atomic E-state index is 0.771. The topological polar surface area (TPSA) is 17.1 Å². The van der Waals surface area contributed by atoms with Crippen molar-refractivity contribution in [3.05, 3.63) is 41.0 Å². The van der Waals surface area contributed by atoms with Crippen LogP contribution in [0.1, 0.15) is 47.2 Å². The molecule has 1 heteroatoms. The lowest BCUT2D eigenvalue weighted by Gasteiger charge is -2.15. The van der Waals surface area contributed by atoms with Gasteiger partial charge in [0.05, 0.1) is 0 Å². The second-order valence-corrected chi connectivity index (χ2v) is 4.17. The normalized spacial score (nSPS) is 15.9. The van der Waals surface area contributed by atoms with Gasteiger partial charge in [0.25, 0.3) is 0 Å². The van der Waals surface area contributed by atoms with Crippen molar-refractivity contribution in [3.8, 4) is 0 Å². The maximum absolute atomic E-state index is 10.6. The van der Waals surface area contributed by atoms with Crippen LogP contribution in [0, 0.1) is 6.92 Å². The van der Waals surface area contributed by atoms with Gasteiger partial charge in [-0.2, -0.15) is 0 Å². The monoisotopic (exact) mass is 200 g/mol. The van der Waals surface area contributed by atoms with Crippen molar-refractivity contribution >= 4 is 11.9 Å². The maximum Gasteiger partial charge on any atom is 0.150 e. The first-order valence-corrected chi connectivity index (χ1v) is 5.56. The molecule has 0 spiro atoms. The molecule has 2 rings (SSSR count). The predicted octanol–water partition coefficient (Wildman–Crippen LogP) is 3.76. The van der Waals surface area contributed by atoms with Crippen LogP contribution in [0.25, 0.3) is 5.57 Å². The highest BCUT2D eigenvalue weighted by atomic mass is 16.1. The van der Waals surface area contributed by atoms with E-state index >= 15 is 0 Å². The number of rotatable bonds is 2. The molecular formula is C14H16O. The van der Waals surface area contributed by atoms with E-state index in [4.69, 9.17) is 0 Å². The molecule has 0 saturated carbocycles. The second-order valence-electron chi connectivity index (χ2n) is 4.17. The average Bonchev–Trinajstić information content (AvgIpc) is 2.30. The molecule has 0 atom stereocenters. The molecule has 0 fully saturated rings. The highest BCUT2D eigenvalue weighted by Gasteiger charge is 2.08. The van der Waals surface area contributed by atoms with E-state index in [2.05, 4.69) is 19.1 Å². The highest BCUT2D eigenvalue weighted by molar-refractivity contribution is 5.78. The standard InChI is InChI=1S/C14H16O/c1-11-9-12(10-15)7-8-14(11)13-5-3-2-4-6-13/h5,7-10H,2-4,6H2,1H3. The molecule has 1 aliphatic carbocycles. The van der Waals surface area contributed by atoms with E-state index in [-0.39, 0.29) is 0 Å². The third kappa shape index (κ3) is 2.17. The SMILES string of the molecule is Cc1cc(C=O)ccc1C1=CCCCC1. The van der Waals surface area contributed by atoms with Gasteiger partial charge >= 0.3 is 0 Å². The lowest BCUT2D eigenvalue weighted by Crippen LogP contribution is -1.95. The van der Waals surface area contributed by atoms with Crippen molar-refractivity contribution in [3.63, 3.8) is 0 Å². The Morgan fingerprint density at radius 1 is 1.27 bits per heavy atom. The maximum atomic E-state index is 10.6. The van der Waals surface area contributed by atoms with Crippen LogP contribution >= 0.6 is 0 Å². The zero-order valence-electron chi connectivity index (χ0n) is 9.12. The third-order valence-corrected chi connectivity index (χ3v) is 3.02. The Morgan fingerprint density at radius 3 is 2.73 bits per heavy atom. The van der Waals surface area contributed by atoms with Crippen LogP contribution in [-0.2, 0) is 0 Å². The van der Waals surface area contributed by atoms with E-state index in [0.29, 0.717) is 0 Å². The van der Waals surface area contributed by atoms with E-state index < -0.39 is 0 Å². The van der Waals surface area contributed by atoms with E-state index in [9.17, 15) is 4.79 Å². The summed E-state index contributed by atoms with van der Waals surface area (Å²) in [5.41, 5.74) is 4.76. The molecule has 78 valence electrons. The molecule has 0 aromatic heterocycles. The van der Waals surface area contributed by atoms with Crippen molar-refractivity contribution in [2.24, 2.45) is 0 Å². The minimum absolute atomic E-state index is 0.771. The number of benzene rings is 1. The van der Waals surface area contributed by atoms with E-state index in [0.717, 1.165) is 11.8 Å². The lowest BCUT2D eigenvalue weighted by molar-refractivity contribution is 0.112. The number of hydrogen-bond acceptors (Lipinski definition) is 1. The summed E-state index contributed by atoms with van der Waals surface area (Å²) in [6.07, 6.45) is 8.24. The van der Waals surface area contributed by atoms with Gasteiger partial charge in [0, 0.05) is 5.56 Å². The first kappa shape index (κ1) is 10.2. The van der Waals surface area contributed by atoms with Gasteiger partial charge in [-0.05, 0) is 55.4 Å². The zero-order valence-corrected chi connectivity index (χ0v) is 9.12. The van der Waals surface area contributed by atoms with Crippen LogP contribution in [0.2, 0.25) is 0 Å². The van der Waals surface area contributed by atoms with E-state index in [1.807, 2.05) is 12.1 Å². The van der Waals surface area contributed by atoms with Crippen molar-refractivity contribution in [2.45, 2.75) is 32.6 Å². The van der Waals surface area contributed by atoms with Crippen LogP contribution < -0.4 is 0 Å². The Hall–Kier alpha value is -1.37. The first-order chi connectivity index (χ1) is 7.31. The summed E-state index contributed by atoms with van der Waals surface area (Å²) in [6.45, 7) is 2.08. The molecule has 0 unspecified atom stereocenters. The van der Waals surface area contributed by atoms with Crippen molar-refractivity contribution in [1.82, 2.24) is 0 Å². The van der Waals surface area contributed by atoms with Gasteiger partial charge in [0.15, 0.2) is 0 Å². The fourth-order valence-electron chi connectivity index (χ4n) is 2.20. The van der Waals surface area contributed by atoms with Crippen LogP contribution in [0.5, 0.6) is 0 Å². The smallest absolute Gasteiger partial charge is 0.150 e. The summed E-state index contributed by atoms with van der Waals surface area (Å²) in [7, 11) is 0. The molecular weight excluding hydrogens is 184 g/mol. The molecule has 1 aromatic carbocycles. The fourth-order valence-corrected chi connectivity index (χ4v) is 2.20. The first-order valence-electron chi connectivity index (χ1n) is 5.56. The minimum Gasteiger partial charge on any atom is -0.298 e. The molecule has 0 bridgehead atoms. The Bertz CT molecular complexity index is 402. The van der Waals surface area contributed by atoms with Crippen LogP contribution in [-0.4, -0.2) is 6.29 Å². The quantitative estimate of drug-likeness (QED) is 0.664. The molecule has 0 saturated heterocycles. The van der Waals surface area contributed by atoms with Crippen molar-refractivity contribution < 1.29 is 4.79 Å². The van der Waals surface area contributed by atoms with Crippen LogP contribution in [0.3, 0.4) is 0 Å². The molecule has 0 heterocycles. The molecule has 1 aromatic rings. The van der Waals surface area contributed by atoms with Crippen molar-refractivity contribution in [2.75, 3.05) is 0 Å². The Kier molecular flexibility index (Phi) is 3.00. The summed E-state index contributed by atoms with van der Waals surface area (Å²) < 4.78 is 0. The number of aldehydes is 1. The van der Waals surface area contributed by atoms with E-state index in [1.165, 1.54) is 42.4 Å². The third-order valence-electron chi connectivity index (χ3n) is 3.02. The summed E-state index contributed by atoms with van der Waals surface area (Å²) in [6, 6.07) is 5.96. The number of carbonyl (C=O) groups is 1. The van der Waals surface area contributed by atoms with Gasteiger partial charge in [-0.1, -0.05) is 18.2 Å². The van der Waals surface area contributed by atoms with Gasteiger partial charge in [-0.3, -0.25) is 4.79 Å². The molecule has 15 heavy (non-hydrogen) atoms. The van der Waals surface area contributed by atoms with Gasteiger partial charge in [-0.15, -0.1) is 0 Å². The molecule has 0 aliphatic heterocycles. The largest absolute Gasteiger partial charge is 0.298 e. The van der Waals surface area contributed by atoms with Crippen LogP contribution in [0.15, 0.2) is 24.3 Å². The molecule has 1 aliphatic rings. The van der Waals surface area contributed by atoms with Crippen LogP contribution in [0.4, 0.5) is 0 Å². The summed E-state index contributed by atoms with van der Waals surface area (Å²) in [5.74, 6) is 0.